The first kappa shape index (κ1) is 17.5. The largest absolute Gasteiger partial charge is 0.497 e. The van der Waals surface area contributed by atoms with Crippen LogP contribution < -0.4 is 10.1 Å². The van der Waals surface area contributed by atoms with Crippen LogP contribution in [0, 0.1) is 0 Å². The van der Waals surface area contributed by atoms with E-state index in [1.165, 1.54) is 0 Å². The second kappa shape index (κ2) is 8.72. The molecule has 0 aliphatic rings. The van der Waals surface area contributed by atoms with E-state index in [1.807, 2.05) is 84.9 Å². The van der Waals surface area contributed by atoms with Gasteiger partial charge in [0, 0.05) is 0 Å². The minimum atomic E-state index is -0.460. The molecule has 1 amide bonds. The fraction of sp³-hybridized carbons (Fsp3) is 0.136. The van der Waals surface area contributed by atoms with E-state index >= 15 is 0 Å². The highest BCUT2D eigenvalue weighted by Crippen LogP contribution is 2.24. The molecule has 0 bridgehead atoms. The van der Waals surface area contributed by atoms with Crippen molar-refractivity contribution in [2.24, 2.45) is 0 Å². The molecule has 0 aromatic heterocycles. The molecular formula is C22H21NO3. The van der Waals surface area contributed by atoms with Gasteiger partial charge in [-0.05, 0) is 28.8 Å². The summed E-state index contributed by atoms with van der Waals surface area (Å²) in [6.45, 7) is 0.233. The normalized spacial score (nSPS) is 11.4. The van der Waals surface area contributed by atoms with E-state index in [4.69, 9.17) is 9.47 Å². The van der Waals surface area contributed by atoms with E-state index in [0.717, 1.165) is 22.4 Å². The van der Waals surface area contributed by atoms with E-state index < -0.39 is 6.09 Å². The molecule has 3 aromatic rings. The topological polar surface area (TPSA) is 47.6 Å². The fourth-order valence-corrected chi connectivity index (χ4v) is 2.68. The average Bonchev–Trinajstić information content (AvgIpc) is 2.72. The zero-order chi connectivity index (χ0) is 18.2. The van der Waals surface area contributed by atoms with Crippen molar-refractivity contribution in [1.82, 2.24) is 5.32 Å². The van der Waals surface area contributed by atoms with Gasteiger partial charge in [-0.3, -0.25) is 0 Å². The second-order valence-electron chi connectivity index (χ2n) is 5.82. The minimum absolute atomic E-state index is 0.233. The van der Waals surface area contributed by atoms with Crippen LogP contribution in [0.4, 0.5) is 4.79 Å². The third-order valence-corrected chi connectivity index (χ3v) is 4.06. The molecule has 1 atom stereocenters. The first-order valence-corrected chi connectivity index (χ1v) is 8.42. The number of ether oxygens (including phenoxy) is 2. The summed E-state index contributed by atoms with van der Waals surface area (Å²) in [5.74, 6) is 0.771. The summed E-state index contributed by atoms with van der Waals surface area (Å²) >= 11 is 0. The van der Waals surface area contributed by atoms with Gasteiger partial charge in [-0.15, -0.1) is 0 Å². The number of amides is 1. The van der Waals surface area contributed by atoms with Crippen molar-refractivity contribution < 1.29 is 14.3 Å². The number of carbonyl (C=O) groups excluding carboxylic acids is 1. The van der Waals surface area contributed by atoms with Crippen molar-refractivity contribution in [2.45, 2.75) is 12.6 Å². The lowest BCUT2D eigenvalue weighted by atomic mass is 9.99. The van der Waals surface area contributed by atoms with Gasteiger partial charge in [0.1, 0.15) is 12.4 Å². The molecule has 1 N–H and O–H groups in total. The molecule has 3 rings (SSSR count). The summed E-state index contributed by atoms with van der Waals surface area (Å²) in [7, 11) is 1.63. The van der Waals surface area contributed by atoms with Gasteiger partial charge in [-0.1, -0.05) is 72.8 Å². The maximum atomic E-state index is 12.3. The van der Waals surface area contributed by atoms with Crippen LogP contribution in [0.3, 0.4) is 0 Å². The molecule has 4 nitrogen and oxygen atoms in total. The summed E-state index contributed by atoms with van der Waals surface area (Å²) in [4.78, 5) is 12.3. The lowest BCUT2D eigenvalue weighted by Gasteiger charge is -2.20. The first-order chi connectivity index (χ1) is 12.8. The Labute approximate surface area is 153 Å². The zero-order valence-corrected chi connectivity index (χ0v) is 14.6. The Morgan fingerprint density at radius 2 is 1.42 bits per heavy atom. The van der Waals surface area contributed by atoms with Crippen LogP contribution in [0.25, 0.3) is 0 Å². The summed E-state index contributed by atoms with van der Waals surface area (Å²) in [5.41, 5.74) is 2.88. The maximum absolute atomic E-state index is 12.3. The van der Waals surface area contributed by atoms with Crippen LogP contribution in [0.5, 0.6) is 5.75 Å². The molecule has 132 valence electrons. The molecule has 4 heteroatoms. The van der Waals surface area contributed by atoms with Gasteiger partial charge in [0.15, 0.2) is 0 Å². The highest BCUT2D eigenvalue weighted by molar-refractivity contribution is 5.68. The van der Waals surface area contributed by atoms with Crippen molar-refractivity contribution in [3.63, 3.8) is 0 Å². The van der Waals surface area contributed by atoms with E-state index in [9.17, 15) is 4.79 Å². The number of alkyl carbamates (subject to hydrolysis) is 1. The number of carbonyl (C=O) groups is 1. The molecule has 0 aliphatic heterocycles. The van der Waals surface area contributed by atoms with Crippen LogP contribution in [-0.2, 0) is 11.3 Å². The van der Waals surface area contributed by atoms with Crippen molar-refractivity contribution in [3.8, 4) is 5.75 Å². The lowest BCUT2D eigenvalue weighted by molar-refractivity contribution is 0.137. The van der Waals surface area contributed by atoms with Crippen LogP contribution in [0.15, 0.2) is 84.9 Å². The lowest BCUT2D eigenvalue weighted by Crippen LogP contribution is -2.29. The predicted octanol–water partition coefficient (Wildman–Crippen LogP) is 4.71. The molecule has 0 saturated carbocycles. The zero-order valence-electron chi connectivity index (χ0n) is 14.6. The Balaban J connectivity index is 1.74. The first-order valence-electron chi connectivity index (χ1n) is 8.42. The van der Waals surface area contributed by atoms with Crippen LogP contribution in [0.2, 0.25) is 0 Å². The smallest absolute Gasteiger partial charge is 0.408 e. The second-order valence-corrected chi connectivity index (χ2v) is 5.82. The summed E-state index contributed by atoms with van der Waals surface area (Å²) in [6, 6.07) is 26.7. The van der Waals surface area contributed by atoms with Crippen molar-refractivity contribution in [2.75, 3.05) is 7.11 Å². The number of methoxy groups -OCH3 is 1. The monoisotopic (exact) mass is 347 g/mol. The third kappa shape index (κ3) is 4.63. The van der Waals surface area contributed by atoms with Crippen LogP contribution >= 0.6 is 0 Å². The quantitative estimate of drug-likeness (QED) is 0.702. The van der Waals surface area contributed by atoms with Gasteiger partial charge < -0.3 is 14.8 Å². The van der Waals surface area contributed by atoms with Crippen LogP contribution in [0.1, 0.15) is 22.7 Å². The highest BCUT2D eigenvalue weighted by Gasteiger charge is 2.17. The van der Waals surface area contributed by atoms with Gasteiger partial charge in [0.25, 0.3) is 0 Å². The third-order valence-electron chi connectivity index (χ3n) is 4.06. The number of rotatable bonds is 6. The van der Waals surface area contributed by atoms with Gasteiger partial charge in [0.2, 0.25) is 0 Å². The van der Waals surface area contributed by atoms with Gasteiger partial charge >= 0.3 is 6.09 Å². The van der Waals surface area contributed by atoms with E-state index in [0.29, 0.717) is 0 Å². The molecule has 0 saturated heterocycles. The summed E-state index contributed by atoms with van der Waals surface area (Å²) < 4.78 is 10.6. The predicted molar refractivity (Wildman–Crippen MR) is 101 cm³/mol. The van der Waals surface area contributed by atoms with Crippen molar-refractivity contribution in [1.29, 1.82) is 0 Å². The number of hydrogen-bond donors (Lipinski definition) is 1. The standard InChI is InChI=1S/C22H21NO3/c1-25-20-14-12-19(13-15-20)21(18-10-6-3-7-11-18)23-22(24)26-16-17-8-4-2-5-9-17/h2-15,21H,16H2,1H3,(H,23,24). The maximum Gasteiger partial charge on any atom is 0.408 e. The summed E-state index contributed by atoms with van der Waals surface area (Å²) in [6.07, 6.45) is -0.460. The summed E-state index contributed by atoms with van der Waals surface area (Å²) in [5, 5.41) is 2.96. The fourth-order valence-electron chi connectivity index (χ4n) is 2.68. The molecule has 0 radical (unpaired) electrons. The molecule has 0 aliphatic carbocycles. The molecule has 3 aromatic carbocycles. The Morgan fingerprint density at radius 1 is 0.846 bits per heavy atom. The van der Waals surface area contributed by atoms with E-state index in [1.54, 1.807) is 7.11 Å². The average molecular weight is 347 g/mol. The number of nitrogens with one attached hydrogen (secondary N) is 1. The SMILES string of the molecule is COc1ccc(C(NC(=O)OCc2ccccc2)c2ccccc2)cc1. The molecular weight excluding hydrogens is 326 g/mol. The Hall–Kier alpha value is -3.27. The molecule has 0 spiro atoms. The van der Waals surface area contributed by atoms with Gasteiger partial charge in [0.05, 0.1) is 13.2 Å². The number of benzene rings is 3. The van der Waals surface area contributed by atoms with E-state index in [2.05, 4.69) is 5.32 Å². The molecule has 0 fully saturated rings. The van der Waals surface area contributed by atoms with Gasteiger partial charge in [-0.25, -0.2) is 4.79 Å². The Kier molecular flexibility index (Phi) is 5.88. The molecule has 0 heterocycles. The van der Waals surface area contributed by atoms with E-state index in [-0.39, 0.29) is 12.6 Å². The molecule has 26 heavy (non-hydrogen) atoms. The Bertz CT molecular complexity index is 817. The Morgan fingerprint density at radius 3 is 2.04 bits per heavy atom. The molecule has 1 unspecified atom stereocenters. The van der Waals surface area contributed by atoms with Crippen LogP contribution in [-0.4, -0.2) is 13.2 Å². The minimum Gasteiger partial charge on any atom is -0.497 e. The van der Waals surface area contributed by atoms with Gasteiger partial charge in [-0.2, -0.15) is 0 Å². The van der Waals surface area contributed by atoms with Crippen molar-refractivity contribution >= 4 is 6.09 Å². The van der Waals surface area contributed by atoms with Crippen molar-refractivity contribution in [3.05, 3.63) is 102 Å². The highest BCUT2D eigenvalue weighted by atomic mass is 16.5. The number of hydrogen-bond acceptors (Lipinski definition) is 3.